The van der Waals surface area contributed by atoms with Gasteiger partial charge in [-0.05, 0) is 20.8 Å². The van der Waals surface area contributed by atoms with Gasteiger partial charge in [0.2, 0.25) is 0 Å². The number of esters is 1. The second-order valence-corrected chi connectivity index (χ2v) is 4.09. The zero-order valence-electron chi connectivity index (χ0n) is 9.24. The Hall–Kier alpha value is -1.36. The predicted octanol–water partition coefficient (Wildman–Crippen LogP) is 0.686. The van der Waals surface area contributed by atoms with Crippen LogP contribution in [0.1, 0.15) is 27.2 Å². The number of carboxylic acids is 1. The average Bonchev–Trinajstić information content (AvgIpc) is 2.00. The van der Waals surface area contributed by atoms with Gasteiger partial charge in [-0.15, -0.1) is 0 Å². The van der Waals surface area contributed by atoms with Crippen molar-refractivity contribution in [3.63, 3.8) is 0 Å². The third-order valence-electron chi connectivity index (χ3n) is 1.79. The van der Waals surface area contributed by atoms with E-state index in [0.717, 1.165) is 0 Å². The van der Waals surface area contributed by atoms with Gasteiger partial charge in [0.1, 0.15) is 6.10 Å². The lowest BCUT2D eigenvalue weighted by Gasteiger charge is -2.28. The number of carboxylic acid groups (broad SMARTS) is 1. The van der Waals surface area contributed by atoms with E-state index in [4.69, 9.17) is 15.6 Å². The van der Waals surface area contributed by atoms with Crippen molar-refractivity contribution in [3.8, 4) is 0 Å². The molecule has 0 aromatic carbocycles. The first kappa shape index (κ1) is 13.6. The van der Waals surface area contributed by atoms with Gasteiger partial charge in [-0.2, -0.15) is 0 Å². The Kier molecular flexibility index (Phi) is 4.48. The number of carbonyl (C=O) groups excluding carboxylic acids is 1. The van der Waals surface area contributed by atoms with E-state index in [1.54, 1.807) is 13.8 Å². The summed E-state index contributed by atoms with van der Waals surface area (Å²) in [5.41, 5.74) is 5.02. The van der Waals surface area contributed by atoms with Gasteiger partial charge in [-0.3, -0.25) is 4.79 Å². The summed E-state index contributed by atoms with van der Waals surface area (Å²) in [5.74, 6) is -1.69. The topological polar surface area (TPSA) is 89.6 Å². The normalized spacial score (nSPS) is 13.1. The van der Waals surface area contributed by atoms with E-state index in [0.29, 0.717) is 0 Å². The van der Waals surface area contributed by atoms with Crippen LogP contribution in [0.2, 0.25) is 0 Å². The molecule has 0 amide bonds. The van der Waals surface area contributed by atoms with Gasteiger partial charge in [0.25, 0.3) is 0 Å². The van der Waals surface area contributed by atoms with Gasteiger partial charge in [0, 0.05) is 11.1 Å². The fourth-order valence-corrected chi connectivity index (χ4v) is 0.845. The molecule has 86 valence electrons. The molecule has 0 fully saturated rings. The molecule has 0 saturated carbocycles. The molecular formula is C10H17NO4. The van der Waals surface area contributed by atoms with Crippen molar-refractivity contribution in [3.05, 3.63) is 12.2 Å². The maximum Gasteiger partial charge on any atom is 0.333 e. The van der Waals surface area contributed by atoms with Gasteiger partial charge >= 0.3 is 11.9 Å². The maximum atomic E-state index is 11.2. The molecule has 0 aromatic rings. The van der Waals surface area contributed by atoms with Crippen LogP contribution in [0.4, 0.5) is 0 Å². The summed E-state index contributed by atoms with van der Waals surface area (Å²) >= 11 is 0. The summed E-state index contributed by atoms with van der Waals surface area (Å²) in [6.07, 6.45) is -1.18. The van der Waals surface area contributed by atoms with Crippen molar-refractivity contribution < 1.29 is 19.4 Å². The van der Waals surface area contributed by atoms with E-state index >= 15 is 0 Å². The second kappa shape index (κ2) is 4.93. The fourth-order valence-electron chi connectivity index (χ4n) is 0.845. The largest absolute Gasteiger partial charge is 0.481 e. The molecule has 0 radical (unpaired) electrons. The molecule has 0 bridgehead atoms. The molecule has 1 unspecified atom stereocenters. The standard InChI is InChI=1S/C10H17NO4/c1-6(2)9(14)15-7(5-8(12)13)10(3,4)11/h7H,1,5,11H2,2-4H3,(H,12,13). The van der Waals surface area contributed by atoms with Gasteiger partial charge in [-0.1, -0.05) is 6.58 Å². The van der Waals surface area contributed by atoms with Crippen LogP contribution in [-0.2, 0) is 14.3 Å². The number of ether oxygens (including phenoxy) is 1. The quantitative estimate of drug-likeness (QED) is 0.520. The molecule has 0 aromatic heterocycles. The van der Waals surface area contributed by atoms with Gasteiger partial charge in [0.05, 0.1) is 6.42 Å². The number of nitrogens with two attached hydrogens (primary N) is 1. The van der Waals surface area contributed by atoms with Crippen LogP contribution in [0.5, 0.6) is 0 Å². The first-order chi connectivity index (χ1) is 6.64. The Bertz CT molecular complexity index is 278. The van der Waals surface area contributed by atoms with Crippen LogP contribution in [0, 0.1) is 0 Å². The number of carbonyl (C=O) groups is 2. The zero-order chi connectivity index (χ0) is 12.2. The summed E-state index contributed by atoms with van der Waals surface area (Å²) < 4.78 is 4.94. The lowest BCUT2D eigenvalue weighted by molar-refractivity contribution is -0.152. The number of rotatable bonds is 5. The molecule has 0 saturated heterocycles. The van der Waals surface area contributed by atoms with Crippen LogP contribution < -0.4 is 5.73 Å². The molecule has 3 N–H and O–H groups in total. The third kappa shape index (κ3) is 5.17. The Morgan fingerprint density at radius 1 is 1.53 bits per heavy atom. The molecule has 0 aliphatic heterocycles. The van der Waals surface area contributed by atoms with E-state index in [1.807, 2.05) is 0 Å². The minimum absolute atomic E-state index is 0.217. The predicted molar refractivity (Wildman–Crippen MR) is 55.2 cm³/mol. The summed E-state index contributed by atoms with van der Waals surface area (Å²) in [6.45, 7) is 8.10. The highest BCUT2D eigenvalue weighted by Crippen LogP contribution is 2.15. The van der Waals surface area contributed by atoms with Crippen LogP contribution in [-0.4, -0.2) is 28.7 Å². The highest BCUT2D eigenvalue weighted by atomic mass is 16.5. The zero-order valence-corrected chi connectivity index (χ0v) is 9.24. The molecule has 0 heterocycles. The van der Waals surface area contributed by atoms with Crippen LogP contribution in [0.3, 0.4) is 0 Å². The van der Waals surface area contributed by atoms with E-state index in [2.05, 4.69) is 6.58 Å². The third-order valence-corrected chi connectivity index (χ3v) is 1.79. The van der Waals surface area contributed by atoms with Crippen LogP contribution in [0.25, 0.3) is 0 Å². The van der Waals surface area contributed by atoms with Gasteiger partial charge in [-0.25, -0.2) is 4.79 Å². The fraction of sp³-hybridized carbons (Fsp3) is 0.600. The maximum absolute atomic E-state index is 11.2. The summed E-state index contributed by atoms with van der Waals surface area (Å²) in [5, 5.41) is 8.63. The summed E-state index contributed by atoms with van der Waals surface area (Å²) in [4.78, 5) is 21.7. The smallest absolute Gasteiger partial charge is 0.333 e. The van der Waals surface area contributed by atoms with Gasteiger partial charge < -0.3 is 15.6 Å². The Labute approximate surface area is 88.9 Å². The Balaban J connectivity index is 4.59. The Morgan fingerprint density at radius 2 is 2.00 bits per heavy atom. The van der Waals surface area contributed by atoms with Crippen molar-refractivity contribution in [2.45, 2.75) is 38.8 Å². The van der Waals surface area contributed by atoms with Crippen LogP contribution >= 0.6 is 0 Å². The average molecular weight is 215 g/mol. The minimum atomic E-state index is -1.06. The summed E-state index contributed by atoms with van der Waals surface area (Å²) in [7, 11) is 0. The van der Waals surface area contributed by atoms with Crippen LogP contribution in [0.15, 0.2) is 12.2 Å². The van der Waals surface area contributed by atoms with E-state index in [9.17, 15) is 9.59 Å². The van der Waals surface area contributed by atoms with Gasteiger partial charge in [0.15, 0.2) is 0 Å². The first-order valence-corrected chi connectivity index (χ1v) is 4.51. The molecule has 0 aliphatic carbocycles. The first-order valence-electron chi connectivity index (χ1n) is 4.51. The van der Waals surface area contributed by atoms with Crippen molar-refractivity contribution in [1.82, 2.24) is 0 Å². The molecule has 0 rings (SSSR count). The monoisotopic (exact) mass is 215 g/mol. The minimum Gasteiger partial charge on any atom is -0.481 e. The number of aliphatic carboxylic acids is 1. The molecule has 1 atom stereocenters. The molecule has 0 spiro atoms. The SMILES string of the molecule is C=C(C)C(=O)OC(CC(=O)O)C(C)(C)N. The lowest BCUT2D eigenvalue weighted by Crippen LogP contribution is -2.48. The lowest BCUT2D eigenvalue weighted by atomic mass is 9.96. The number of hydrogen-bond acceptors (Lipinski definition) is 4. The van der Waals surface area contributed by atoms with Crippen molar-refractivity contribution in [2.75, 3.05) is 0 Å². The molecule has 5 nitrogen and oxygen atoms in total. The summed E-state index contributed by atoms with van der Waals surface area (Å²) in [6, 6.07) is 0. The molecule has 0 aliphatic rings. The van der Waals surface area contributed by atoms with E-state index in [1.165, 1.54) is 6.92 Å². The highest BCUT2D eigenvalue weighted by Gasteiger charge is 2.31. The van der Waals surface area contributed by atoms with Crippen molar-refractivity contribution in [1.29, 1.82) is 0 Å². The molecule has 15 heavy (non-hydrogen) atoms. The molecular weight excluding hydrogens is 198 g/mol. The van der Waals surface area contributed by atoms with E-state index < -0.39 is 23.6 Å². The molecule has 5 heteroatoms. The highest BCUT2D eigenvalue weighted by molar-refractivity contribution is 5.87. The number of hydrogen-bond donors (Lipinski definition) is 2. The van der Waals surface area contributed by atoms with E-state index in [-0.39, 0.29) is 12.0 Å². The van der Waals surface area contributed by atoms with Crippen molar-refractivity contribution >= 4 is 11.9 Å². The van der Waals surface area contributed by atoms with Crippen molar-refractivity contribution in [2.24, 2.45) is 5.73 Å². The second-order valence-electron chi connectivity index (χ2n) is 4.09. The Morgan fingerprint density at radius 3 is 2.27 bits per heavy atom.